The molecule has 0 saturated carbocycles. The smallest absolute Gasteiger partial charge is 0.251 e. The molecule has 1 fully saturated rings. The van der Waals surface area contributed by atoms with Crippen LogP contribution in [0.3, 0.4) is 0 Å². The van der Waals surface area contributed by atoms with Crippen molar-refractivity contribution in [2.24, 2.45) is 0 Å². The molecule has 1 saturated heterocycles. The number of carbonyl (C=O) groups excluding carboxylic acids is 1. The Hall–Kier alpha value is -1.55. The number of hydrogen-bond donors (Lipinski definition) is 2. The van der Waals surface area contributed by atoms with Crippen LogP contribution in [0.15, 0.2) is 24.3 Å². The van der Waals surface area contributed by atoms with Crippen molar-refractivity contribution < 1.29 is 9.53 Å². The molecule has 1 unspecified atom stereocenters. The van der Waals surface area contributed by atoms with Crippen molar-refractivity contribution in [3.8, 4) is 5.75 Å². The van der Waals surface area contributed by atoms with Crippen LogP contribution in [0.5, 0.6) is 5.75 Å². The normalized spacial score (nSPS) is 23.4. The molecular weight excluding hydrogens is 216 g/mol. The molecule has 0 bridgehead atoms. The van der Waals surface area contributed by atoms with Crippen molar-refractivity contribution in [2.75, 3.05) is 20.2 Å². The molecule has 1 aliphatic heterocycles. The Balaban J connectivity index is 2.03. The first-order valence-electron chi connectivity index (χ1n) is 5.80. The maximum atomic E-state index is 12.0. The van der Waals surface area contributed by atoms with E-state index in [0.29, 0.717) is 5.56 Å². The number of nitrogens with one attached hydrogen (secondary N) is 2. The molecule has 2 rings (SSSR count). The van der Waals surface area contributed by atoms with Crippen LogP contribution in [0.1, 0.15) is 23.7 Å². The number of methoxy groups -OCH3 is 1. The van der Waals surface area contributed by atoms with Crippen LogP contribution < -0.4 is 15.4 Å². The topological polar surface area (TPSA) is 50.4 Å². The average Bonchev–Trinajstić information content (AvgIpc) is 2.76. The monoisotopic (exact) mass is 234 g/mol. The molecule has 1 atom stereocenters. The van der Waals surface area contributed by atoms with E-state index in [1.165, 1.54) is 0 Å². The minimum absolute atomic E-state index is 0.0288. The molecule has 1 amide bonds. The number of ether oxygens (including phenoxy) is 1. The lowest BCUT2D eigenvalue weighted by molar-refractivity contribution is 0.0913. The minimum Gasteiger partial charge on any atom is -0.497 e. The van der Waals surface area contributed by atoms with Gasteiger partial charge in [-0.1, -0.05) is 0 Å². The van der Waals surface area contributed by atoms with Gasteiger partial charge in [0, 0.05) is 12.1 Å². The Morgan fingerprint density at radius 3 is 2.65 bits per heavy atom. The highest BCUT2D eigenvalue weighted by atomic mass is 16.5. The van der Waals surface area contributed by atoms with Gasteiger partial charge in [0.1, 0.15) is 5.75 Å². The molecule has 2 N–H and O–H groups in total. The number of hydrogen-bond acceptors (Lipinski definition) is 3. The number of benzene rings is 1. The van der Waals surface area contributed by atoms with E-state index in [4.69, 9.17) is 4.74 Å². The fourth-order valence-corrected chi connectivity index (χ4v) is 2.01. The summed E-state index contributed by atoms with van der Waals surface area (Å²) in [6, 6.07) is 7.15. The highest BCUT2D eigenvalue weighted by molar-refractivity contribution is 5.94. The Labute approximate surface area is 101 Å². The molecule has 1 aliphatic rings. The lowest BCUT2D eigenvalue weighted by Crippen LogP contribution is -2.47. The van der Waals surface area contributed by atoms with E-state index in [0.717, 1.165) is 25.3 Å². The first kappa shape index (κ1) is 11.9. The summed E-state index contributed by atoms with van der Waals surface area (Å²) in [5.74, 6) is 0.731. The van der Waals surface area contributed by atoms with E-state index in [1.807, 2.05) is 0 Å². The SMILES string of the molecule is COc1ccc(C(=O)NC2(C)CCNC2)cc1. The first-order valence-corrected chi connectivity index (χ1v) is 5.80. The molecule has 92 valence electrons. The van der Waals surface area contributed by atoms with Gasteiger partial charge >= 0.3 is 0 Å². The average molecular weight is 234 g/mol. The molecule has 0 radical (unpaired) electrons. The number of amides is 1. The summed E-state index contributed by atoms with van der Waals surface area (Å²) in [4.78, 5) is 12.0. The molecule has 1 aromatic carbocycles. The Kier molecular flexibility index (Phi) is 3.33. The second kappa shape index (κ2) is 4.75. The quantitative estimate of drug-likeness (QED) is 0.825. The number of rotatable bonds is 3. The van der Waals surface area contributed by atoms with Crippen molar-refractivity contribution in [2.45, 2.75) is 18.9 Å². The second-order valence-electron chi connectivity index (χ2n) is 4.67. The van der Waals surface area contributed by atoms with Gasteiger partial charge in [-0.2, -0.15) is 0 Å². The Morgan fingerprint density at radius 1 is 1.41 bits per heavy atom. The summed E-state index contributed by atoms with van der Waals surface area (Å²) in [7, 11) is 1.61. The Bertz CT molecular complexity index is 394. The molecule has 4 nitrogen and oxygen atoms in total. The van der Waals surface area contributed by atoms with Gasteiger partial charge in [-0.25, -0.2) is 0 Å². The molecule has 17 heavy (non-hydrogen) atoms. The highest BCUT2D eigenvalue weighted by Crippen LogP contribution is 2.16. The van der Waals surface area contributed by atoms with Crippen molar-refractivity contribution in [1.82, 2.24) is 10.6 Å². The summed E-state index contributed by atoms with van der Waals surface area (Å²) in [6.45, 7) is 3.85. The zero-order valence-electron chi connectivity index (χ0n) is 10.2. The zero-order chi connectivity index (χ0) is 12.3. The summed E-state index contributed by atoms with van der Waals surface area (Å²) >= 11 is 0. The molecule has 0 aromatic heterocycles. The Morgan fingerprint density at radius 2 is 2.12 bits per heavy atom. The third-order valence-corrected chi connectivity index (χ3v) is 3.14. The molecule has 4 heteroatoms. The maximum Gasteiger partial charge on any atom is 0.251 e. The fourth-order valence-electron chi connectivity index (χ4n) is 2.01. The van der Waals surface area contributed by atoms with Gasteiger partial charge in [-0.15, -0.1) is 0 Å². The van der Waals surface area contributed by atoms with Crippen LogP contribution in [0.2, 0.25) is 0 Å². The lowest BCUT2D eigenvalue weighted by atomic mass is 10.0. The zero-order valence-corrected chi connectivity index (χ0v) is 10.2. The van der Waals surface area contributed by atoms with E-state index in [9.17, 15) is 4.79 Å². The fraction of sp³-hybridized carbons (Fsp3) is 0.462. The van der Waals surface area contributed by atoms with Crippen LogP contribution in [0.25, 0.3) is 0 Å². The van der Waals surface area contributed by atoms with Crippen molar-refractivity contribution >= 4 is 5.91 Å². The standard InChI is InChI=1S/C13H18N2O2/c1-13(7-8-14-9-13)15-12(16)10-3-5-11(17-2)6-4-10/h3-6,14H,7-9H2,1-2H3,(H,15,16). The van der Waals surface area contributed by atoms with Crippen molar-refractivity contribution in [3.63, 3.8) is 0 Å². The van der Waals surface area contributed by atoms with Gasteiger partial charge in [0.15, 0.2) is 0 Å². The summed E-state index contributed by atoms with van der Waals surface area (Å²) in [5.41, 5.74) is 0.538. The van der Waals surface area contributed by atoms with Crippen LogP contribution >= 0.6 is 0 Å². The van der Waals surface area contributed by atoms with Crippen LogP contribution in [-0.2, 0) is 0 Å². The molecule has 1 heterocycles. The third-order valence-electron chi connectivity index (χ3n) is 3.14. The highest BCUT2D eigenvalue weighted by Gasteiger charge is 2.30. The molecular formula is C13H18N2O2. The van der Waals surface area contributed by atoms with Gasteiger partial charge < -0.3 is 15.4 Å². The van der Waals surface area contributed by atoms with E-state index in [1.54, 1.807) is 31.4 Å². The van der Waals surface area contributed by atoms with Gasteiger partial charge in [0.2, 0.25) is 0 Å². The predicted molar refractivity (Wildman–Crippen MR) is 66.4 cm³/mol. The van der Waals surface area contributed by atoms with Gasteiger partial charge in [0.25, 0.3) is 5.91 Å². The maximum absolute atomic E-state index is 12.0. The van der Waals surface area contributed by atoms with Gasteiger partial charge in [-0.3, -0.25) is 4.79 Å². The van der Waals surface area contributed by atoms with E-state index in [2.05, 4.69) is 17.6 Å². The van der Waals surface area contributed by atoms with Crippen molar-refractivity contribution in [3.05, 3.63) is 29.8 Å². The minimum atomic E-state index is -0.128. The van der Waals surface area contributed by atoms with Crippen LogP contribution in [0, 0.1) is 0 Å². The van der Waals surface area contributed by atoms with Gasteiger partial charge in [-0.05, 0) is 44.2 Å². The van der Waals surface area contributed by atoms with Crippen LogP contribution in [0.4, 0.5) is 0 Å². The van der Waals surface area contributed by atoms with Crippen LogP contribution in [-0.4, -0.2) is 31.6 Å². The summed E-state index contributed by atoms with van der Waals surface area (Å²) in [5, 5.41) is 6.32. The lowest BCUT2D eigenvalue weighted by Gasteiger charge is -2.24. The first-order chi connectivity index (χ1) is 8.13. The van der Waals surface area contributed by atoms with E-state index in [-0.39, 0.29) is 11.4 Å². The van der Waals surface area contributed by atoms with Gasteiger partial charge in [0.05, 0.1) is 12.6 Å². The second-order valence-corrected chi connectivity index (χ2v) is 4.67. The van der Waals surface area contributed by atoms with E-state index >= 15 is 0 Å². The number of carbonyl (C=O) groups is 1. The summed E-state index contributed by atoms with van der Waals surface area (Å²) < 4.78 is 5.06. The molecule has 0 spiro atoms. The van der Waals surface area contributed by atoms with Crippen molar-refractivity contribution in [1.29, 1.82) is 0 Å². The predicted octanol–water partition coefficient (Wildman–Crippen LogP) is 1.18. The third kappa shape index (κ3) is 2.77. The summed E-state index contributed by atoms with van der Waals surface area (Å²) in [6.07, 6.45) is 0.967. The largest absolute Gasteiger partial charge is 0.497 e. The van der Waals surface area contributed by atoms with E-state index < -0.39 is 0 Å². The molecule has 0 aliphatic carbocycles. The molecule has 1 aromatic rings.